The molecule has 1 amide bonds. The Bertz CT molecular complexity index is 1400. The Labute approximate surface area is 219 Å². The summed E-state index contributed by atoms with van der Waals surface area (Å²) in [4.78, 5) is 38.1. The van der Waals surface area contributed by atoms with Gasteiger partial charge in [-0.05, 0) is 79.9 Å². The summed E-state index contributed by atoms with van der Waals surface area (Å²) in [6.07, 6.45) is 1.91. The molecule has 0 bridgehead atoms. The number of anilines is 2. The maximum Gasteiger partial charge on any atom is 0.339 e. The lowest BCUT2D eigenvalue weighted by molar-refractivity contribution is 0.0587. The number of esters is 2. The summed E-state index contributed by atoms with van der Waals surface area (Å²) in [6, 6.07) is 16.7. The number of carbonyl (C=O) groups is 3. The molecule has 3 aromatic rings. The molecule has 0 fully saturated rings. The van der Waals surface area contributed by atoms with Gasteiger partial charge >= 0.3 is 11.9 Å². The van der Waals surface area contributed by atoms with E-state index in [4.69, 9.17) is 9.47 Å². The fourth-order valence-corrected chi connectivity index (χ4v) is 5.40. The molecule has 11 heteroatoms. The summed E-state index contributed by atoms with van der Waals surface area (Å²) in [6.45, 7) is 1.90. The maximum absolute atomic E-state index is 13.2. The Morgan fingerprint density at radius 1 is 0.865 bits per heavy atom. The molecule has 0 saturated heterocycles. The van der Waals surface area contributed by atoms with Crippen molar-refractivity contribution in [1.29, 1.82) is 0 Å². The minimum absolute atomic E-state index is 0.0517. The van der Waals surface area contributed by atoms with Gasteiger partial charge in [0, 0.05) is 17.0 Å². The Hall–Kier alpha value is -3.83. The lowest BCUT2D eigenvalue weighted by Crippen LogP contribution is -2.30. The van der Waals surface area contributed by atoms with E-state index in [0.717, 1.165) is 4.90 Å². The lowest BCUT2D eigenvalue weighted by atomic mass is 10.1. The largest absolute Gasteiger partial charge is 0.465 e. The van der Waals surface area contributed by atoms with Crippen molar-refractivity contribution >= 4 is 51.0 Å². The Kier molecular flexibility index (Phi) is 8.95. The first-order valence-electron chi connectivity index (χ1n) is 11.0. The number of thioether (sulfide) groups is 1. The fraction of sp³-hybridized carbons (Fsp3) is 0.192. The highest BCUT2D eigenvalue weighted by Gasteiger charge is 2.24. The van der Waals surface area contributed by atoms with Crippen LogP contribution < -0.4 is 9.62 Å². The maximum atomic E-state index is 13.2. The standard InChI is InChI=1S/C26H26N2O7S2/c1-5-28(37(32,33)21-13-11-20(36-4)12-14-21)19-9-6-17(7-10-19)24(29)27-23-16-18(25(30)34-2)8-15-22(23)26(31)35-3/h6-16H,5H2,1-4H3,(H,27,29). The molecule has 3 rings (SSSR count). The van der Waals surface area contributed by atoms with Crippen LogP contribution in [0, 0.1) is 0 Å². The molecule has 0 spiro atoms. The van der Waals surface area contributed by atoms with Crippen LogP contribution in [0.1, 0.15) is 38.0 Å². The molecule has 0 radical (unpaired) electrons. The van der Waals surface area contributed by atoms with Crippen molar-refractivity contribution in [2.45, 2.75) is 16.7 Å². The predicted molar refractivity (Wildman–Crippen MR) is 142 cm³/mol. The van der Waals surface area contributed by atoms with Gasteiger partial charge in [0.05, 0.1) is 41.6 Å². The fourth-order valence-electron chi connectivity index (χ4n) is 3.52. The van der Waals surface area contributed by atoms with Crippen LogP contribution in [0.4, 0.5) is 11.4 Å². The summed E-state index contributed by atoms with van der Waals surface area (Å²) in [5, 5.41) is 2.61. The van der Waals surface area contributed by atoms with Crippen molar-refractivity contribution in [3.05, 3.63) is 83.4 Å². The van der Waals surface area contributed by atoms with Crippen LogP contribution in [0.5, 0.6) is 0 Å². The second-order valence-electron chi connectivity index (χ2n) is 7.59. The highest BCUT2D eigenvalue weighted by atomic mass is 32.2. The van der Waals surface area contributed by atoms with Crippen LogP contribution in [0.25, 0.3) is 0 Å². The molecule has 37 heavy (non-hydrogen) atoms. The molecule has 0 atom stereocenters. The Morgan fingerprint density at radius 2 is 1.46 bits per heavy atom. The first-order chi connectivity index (χ1) is 17.7. The summed E-state index contributed by atoms with van der Waals surface area (Å²) in [7, 11) is -1.40. The topological polar surface area (TPSA) is 119 Å². The van der Waals surface area contributed by atoms with E-state index in [1.807, 2.05) is 6.26 Å². The summed E-state index contributed by atoms with van der Waals surface area (Å²) < 4.78 is 37.2. The number of sulfonamides is 1. The molecular weight excluding hydrogens is 516 g/mol. The highest BCUT2D eigenvalue weighted by molar-refractivity contribution is 7.98. The SMILES string of the molecule is CCN(c1ccc(C(=O)Nc2cc(C(=O)OC)ccc2C(=O)OC)cc1)S(=O)(=O)c1ccc(SC)cc1. The number of carbonyl (C=O) groups excluding carboxylic acids is 3. The number of rotatable bonds is 9. The zero-order valence-corrected chi connectivity index (χ0v) is 22.3. The van der Waals surface area contributed by atoms with Crippen molar-refractivity contribution in [2.24, 2.45) is 0 Å². The van der Waals surface area contributed by atoms with E-state index in [-0.39, 0.29) is 33.8 Å². The third-order valence-electron chi connectivity index (χ3n) is 5.45. The van der Waals surface area contributed by atoms with Crippen LogP contribution in [0.15, 0.2) is 76.5 Å². The van der Waals surface area contributed by atoms with Crippen LogP contribution in [0.3, 0.4) is 0 Å². The number of ether oxygens (including phenoxy) is 2. The van der Waals surface area contributed by atoms with E-state index < -0.39 is 27.9 Å². The van der Waals surface area contributed by atoms with Gasteiger partial charge in [-0.2, -0.15) is 0 Å². The minimum atomic E-state index is -3.82. The molecule has 0 heterocycles. The van der Waals surface area contributed by atoms with Gasteiger partial charge in [0.2, 0.25) is 0 Å². The van der Waals surface area contributed by atoms with Gasteiger partial charge in [0.25, 0.3) is 15.9 Å². The van der Waals surface area contributed by atoms with E-state index in [2.05, 4.69) is 5.32 Å². The second-order valence-corrected chi connectivity index (χ2v) is 10.3. The molecule has 3 aromatic carbocycles. The van der Waals surface area contributed by atoms with Gasteiger partial charge in [-0.15, -0.1) is 11.8 Å². The summed E-state index contributed by atoms with van der Waals surface area (Å²) in [5.74, 6) is -1.91. The predicted octanol–water partition coefficient (Wildman–Crippen LogP) is 4.45. The van der Waals surface area contributed by atoms with E-state index in [9.17, 15) is 22.8 Å². The smallest absolute Gasteiger partial charge is 0.339 e. The Morgan fingerprint density at radius 3 is 2.00 bits per heavy atom. The van der Waals surface area contributed by atoms with Gasteiger partial charge in [0.15, 0.2) is 0 Å². The molecule has 194 valence electrons. The van der Waals surface area contributed by atoms with Crippen molar-refractivity contribution in [3.63, 3.8) is 0 Å². The number of methoxy groups -OCH3 is 2. The third kappa shape index (κ3) is 6.12. The summed E-state index contributed by atoms with van der Waals surface area (Å²) in [5.41, 5.74) is 0.845. The van der Waals surface area contributed by atoms with Gasteiger partial charge < -0.3 is 14.8 Å². The monoisotopic (exact) mass is 542 g/mol. The average molecular weight is 543 g/mol. The quantitative estimate of drug-likeness (QED) is 0.311. The molecule has 0 saturated carbocycles. The van der Waals surface area contributed by atoms with Crippen LogP contribution in [-0.2, 0) is 19.5 Å². The van der Waals surface area contributed by atoms with Crippen molar-refractivity contribution in [3.8, 4) is 0 Å². The average Bonchev–Trinajstić information content (AvgIpc) is 2.92. The molecule has 0 aliphatic heterocycles. The molecule has 0 unspecified atom stereocenters. The number of hydrogen-bond donors (Lipinski definition) is 1. The van der Waals surface area contributed by atoms with Crippen molar-refractivity contribution < 1.29 is 32.3 Å². The molecule has 0 aliphatic rings. The summed E-state index contributed by atoms with van der Waals surface area (Å²) >= 11 is 1.52. The first-order valence-corrected chi connectivity index (χ1v) is 13.7. The number of hydrogen-bond acceptors (Lipinski definition) is 8. The zero-order chi connectivity index (χ0) is 27.2. The molecular formula is C26H26N2O7S2. The Balaban J connectivity index is 1.87. The van der Waals surface area contributed by atoms with E-state index >= 15 is 0 Å². The molecule has 0 aliphatic carbocycles. The lowest BCUT2D eigenvalue weighted by Gasteiger charge is -2.23. The van der Waals surface area contributed by atoms with Gasteiger partial charge in [0.1, 0.15) is 0 Å². The highest BCUT2D eigenvalue weighted by Crippen LogP contribution is 2.26. The van der Waals surface area contributed by atoms with Crippen LogP contribution >= 0.6 is 11.8 Å². The van der Waals surface area contributed by atoms with Gasteiger partial charge in [-0.1, -0.05) is 0 Å². The van der Waals surface area contributed by atoms with E-state index in [1.165, 1.54) is 72.8 Å². The first kappa shape index (κ1) is 27.8. The zero-order valence-electron chi connectivity index (χ0n) is 20.7. The number of benzene rings is 3. The minimum Gasteiger partial charge on any atom is -0.465 e. The van der Waals surface area contributed by atoms with Crippen molar-refractivity contribution in [1.82, 2.24) is 0 Å². The number of amides is 1. The number of nitrogens with zero attached hydrogens (tertiary/aromatic N) is 1. The van der Waals surface area contributed by atoms with E-state index in [1.54, 1.807) is 31.2 Å². The molecule has 9 nitrogen and oxygen atoms in total. The van der Waals surface area contributed by atoms with Crippen LogP contribution in [0.2, 0.25) is 0 Å². The van der Waals surface area contributed by atoms with Gasteiger partial charge in [-0.3, -0.25) is 9.10 Å². The second kappa shape index (κ2) is 11.9. The van der Waals surface area contributed by atoms with Gasteiger partial charge in [-0.25, -0.2) is 18.0 Å². The molecule has 0 aromatic heterocycles. The van der Waals surface area contributed by atoms with E-state index in [0.29, 0.717) is 5.69 Å². The third-order valence-corrected chi connectivity index (χ3v) is 8.11. The van der Waals surface area contributed by atoms with Crippen molar-refractivity contribution in [2.75, 3.05) is 36.6 Å². The normalized spacial score (nSPS) is 10.9. The van der Waals surface area contributed by atoms with Crippen LogP contribution in [-0.4, -0.2) is 53.3 Å². The molecule has 1 N–H and O–H groups in total. The number of nitrogens with one attached hydrogen (secondary N) is 1.